The van der Waals surface area contributed by atoms with Gasteiger partial charge in [0.25, 0.3) is 0 Å². The number of rotatable bonds is 5. The largest absolute Gasteiger partial charge is 0.475 e. The van der Waals surface area contributed by atoms with Crippen molar-refractivity contribution < 1.29 is 14.3 Å². The Kier molecular flexibility index (Phi) is 3.39. The minimum atomic E-state index is -1.04. The highest BCUT2D eigenvalue weighted by atomic mass is 16.4. The zero-order valence-electron chi connectivity index (χ0n) is 9.33. The predicted octanol–water partition coefficient (Wildman–Crippen LogP) is 2.97. The van der Waals surface area contributed by atoms with Gasteiger partial charge >= 0.3 is 5.97 Å². The van der Waals surface area contributed by atoms with Gasteiger partial charge in [-0.25, -0.2) is 4.79 Å². The highest BCUT2D eigenvalue weighted by molar-refractivity contribution is 5.84. The average molecular weight is 211 g/mol. The van der Waals surface area contributed by atoms with Gasteiger partial charge in [-0.05, 0) is 25.8 Å². The third-order valence-corrected chi connectivity index (χ3v) is 2.80. The molecular formula is C11H17NO3. The number of anilines is 1. The number of carboxylic acid groups (broad SMARTS) is 1. The van der Waals surface area contributed by atoms with Crippen molar-refractivity contribution in [3.05, 3.63) is 17.9 Å². The van der Waals surface area contributed by atoms with Crippen LogP contribution in [0.4, 0.5) is 5.88 Å². The van der Waals surface area contributed by atoms with Crippen molar-refractivity contribution in [1.82, 2.24) is 0 Å². The molecule has 0 amide bonds. The third kappa shape index (κ3) is 2.75. The maximum absolute atomic E-state index is 10.6. The van der Waals surface area contributed by atoms with E-state index in [1.807, 2.05) is 0 Å². The molecule has 1 heterocycles. The first-order chi connectivity index (χ1) is 7.00. The molecule has 0 aliphatic carbocycles. The summed E-state index contributed by atoms with van der Waals surface area (Å²) < 4.78 is 5.13. The van der Waals surface area contributed by atoms with Gasteiger partial charge < -0.3 is 14.8 Å². The number of carbonyl (C=O) groups is 1. The normalized spacial score (nSPS) is 11.4. The molecule has 0 atom stereocenters. The van der Waals surface area contributed by atoms with E-state index in [9.17, 15) is 4.79 Å². The molecule has 0 bridgehead atoms. The number of hydrogen-bond donors (Lipinski definition) is 2. The minimum absolute atomic E-state index is 0.0351. The first-order valence-electron chi connectivity index (χ1n) is 5.12. The second kappa shape index (κ2) is 4.38. The van der Waals surface area contributed by atoms with Crippen molar-refractivity contribution in [2.45, 2.75) is 39.2 Å². The molecule has 4 nitrogen and oxygen atoms in total. The van der Waals surface area contributed by atoms with Gasteiger partial charge in [-0.3, -0.25) is 0 Å². The van der Waals surface area contributed by atoms with Crippen molar-refractivity contribution in [2.75, 3.05) is 5.32 Å². The van der Waals surface area contributed by atoms with Crippen LogP contribution in [0.5, 0.6) is 0 Å². The van der Waals surface area contributed by atoms with Crippen LogP contribution in [-0.2, 0) is 0 Å². The fourth-order valence-corrected chi connectivity index (χ4v) is 1.24. The molecule has 0 unspecified atom stereocenters. The molecule has 4 heteroatoms. The summed E-state index contributed by atoms with van der Waals surface area (Å²) in [5.41, 5.74) is -0.0480. The van der Waals surface area contributed by atoms with E-state index in [1.165, 1.54) is 6.07 Å². The summed E-state index contributed by atoms with van der Waals surface area (Å²) in [4.78, 5) is 10.6. The van der Waals surface area contributed by atoms with E-state index in [0.29, 0.717) is 5.88 Å². The fraction of sp³-hybridized carbons (Fsp3) is 0.545. The van der Waals surface area contributed by atoms with Crippen LogP contribution in [0.2, 0.25) is 0 Å². The van der Waals surface area contributed by atoms with Gasteiger partial charge in [0.1, 0.15) is 0 Å². The van der Waals surface area contributed by atoms with Crippen LogP contribution < -0.4 is 5.32 Å². The molecule has 0 saturated carbocycles. The summed E-state index contributed by atoms with van der Waals surface area (Å²) in [5.74, 6) is -0.566. The van der Waals surface area contributed by atoms with Crippen LogP contribution in [0.1, 0.15) is 44.2 Å². The van der Waals surface area contributed by atoms with E-state index in [2.05, 4.69) is 26.1 Å². The second-order valence-electron chi connectivity index (χ2n) is 3.86. The fourth-order valence-electron chi connectivity index (χ4n) is 1.24. The minimum Gasteiger partial charge on any atom is -0.475 e. The lowest BCUT2D eigenvalue weighted by Gasteiger charge is -2.27. The van der Waals surface area contributed by atoms with E-state index in [0.717, 1.165) is 12.8 Å². The highest BCUT2D eigenvalue weighted by Crippen LogP contribution is 2.23. The van der Waals surface area contributed by atoms with Gasteiger partial charge in [0, 0.05) is 11.6 Å². The summed E-state index contributed by atoms with van der Waals surface area (Å²) >= 11 is 0. The van der Waals surface area contributed by atoms with Gasteiger partial charge in [0.2, 0.25) is 5.76 Å². The first-order valence-corrected chi connectivity index (χ1v) is 5.12. The molecule has 0 aliphatic rings. The van der Waals surface area contributed by atoms with Gasteiger partial charge in [-0.1, -0.05) is 13.8 Å². The molecule has 2 N–H and O–H groups in total. The Labute approximate surface area is 89.3 Å². The number of aromatic carboxylic acids is 1. The summed E-state index contributed by atoms with van der Waals surface area (Å²) in [6.45, 7) is 6.24. The van der Waals surface area contributed by atoms with Crippen molar-refractivity contribution in [2.24, 2.45) is 0 Å². The van der Waals surface area contributed by atoms with E-state index >= 15 is 0 Å². The summed E-state index contributed by atoms with van der Waals surface area (Å²) in [5, 5.41) is 11.9. The molecule has 1 rings (SSSR count). The van der Waals surface area contributed by atoms with Crippen LogP contribution >= 0.6 is 0 Å². The van der Waals surface area contributed by atoms with Crippen LogP contribution in [0.15, 0.2) is 16.5 Å². The van der Waals surface area contributed by atoms with Gasteiger partial charge in [0.15, 0.2) is 5.88 Å². The maximum Gasteiger partial charge on any atom is 0.371 e. The Morgan fingerprint density at radius 3 is 2.47 bits per heavy atom. The molecule has 0 fully saturated rings. The highest BCUT2D eigenvalue weighted by Gasteiger charge is 2.21. The molecule has 84 valence electrons. The number of nitrogens with one attached hydrogen (secondary N) is 1. The molecule has 0 saturated heterocycles. The summed E-state index contributed by atoms with van der Waals surface area (Å²) in [6.07, 6.45) is 1.90. The lowest BCUT2D eigenvalue weighted by atomic mass is 9.96. The Balaban J connectivity index is 2.76. The van der Waals surface area contributed by atoms with E-state index in [4.69, 9.17) is 9.52 Å². The first kappa shape index (κ1) is 11.6. The molecule has 0 radical (unpaired) electrons. The number of hydrogen-bond acceptors (Lipinski definition) is 3. The zero-order chi connectivity index (χ0) is 11.5. The quantitative estimate of drug-likeness (QED) is 0.786. The maximum atomic E-state index is 10.6. The molecule has 0 spiro atoms. The average Bonchev–Trinajstić information content (AvgIpc) is 2.66. The topological polar surface area (TPSA) is 62.5 Å². The summed E-state index contributed by atoms with van der Waals surface area (Å²) in [7, 11) is 0. The van der Waals surface area contributed by atoms with E-state index in [-0.39, 0.29) is 11.3 Å². The number of furan rings is 1. The van der Waals surface area contributed by atoms with Gasteiger partial charge in [-0.15, -0.1) is 0 Å². The van der Waals surface area contributed by atoms with Crippen molar-refractivity contribution >= 4 is 11.9 Å². The van der Waals surface area contributed by atoms with Gasteiger partial charge in [-0.2, -0.15) is 0 Å². The SMILES string of the molecule is CCC(C)(CC)Nc1ccc(C(=O)O)o1. The molecule has 1 aromatic heterocycles. The zero-order valence-corrected chi connectivity index (χ0v) is 9.33. The number of carboxylic acids is 1. The predicted molar refractivity (Wildman–Crippen MR) is 58.3 cm³/mol. The van der Waals surface area contributed by atoms with Crippen molar-refractivity contribution in [3.63, 3.8) is 0 Å². The van der Waals surface area contributed by atoms with Gasteiger partial charge in [0.05, 0.1) is 0 Å². The smallest absolute Gasteiger partial charge is 0.371 e. The second-order valence-corrected chi connectivity index (χ2v) is 3.86. The standard InChI is InChI=1S/C11H17NO3/c1-4-11(3,5-2)12-9-7-6-8(15-9)10(13)14/h6-7,12H,4-5H2,1-3H3,(H,13,14). The van der Waals surface area contributed by atoms with Crippen LogP contribution in [0.3, 0.4) is 0 Å². The van der Waals surface area contributed by atoms with Crippen LogP contribution in [-0.4, -0.2) is 16.6 Å². The Morgan fingerprint density at radius 2 is 2.07 bits per heavy atom. The molecular weight excluding hydrogens is 194 g/mol. The van der Waals surface area contributed by atoms with Crippen molar-refractivity contribution in [3.8, 4) is 0 Å². The Bertz CT molecular complexity index is 339. The monoisotopic (exact) mass is 211 g/mol. The molecule has 0 aliphatic heterocycles. The van der Waals surface area contributed by atoms with Crippen LogP contribution in [0, 0.1) is 0 Å². The Hall–Kier alpha value is -1.45. The third-order valence-electron chi connectivity index (χ3n) is 2.80. The molecule has 15 heavy (non-hydrogen) atoms. The van der Waals surface area contributed by atoms with E-state index in [1.54, 1.807) is 6.07 Å². The molecule has 0 aromatic carbocycles. The lowest BCUT2D eigenvalue weighted by Crippen LogP contribution is -2.32. The molecule has 1 aromatic rings. The Morgan fingerprint density at radius 1 is 1.47 bits per heavy atom. The summed E-state index contributed by atoms with van der Waals surface area (Å²) in [6, 6.07) is 3.10. The van der Waals surface area contributed by atoms with E-state index < -0.39 is 5.97 Å². The van der Waals surface area contributed by atoms with Crippen LogP contribution in [0.25, 0.3) is 0 Å². The van der Waals surface area contributed by atoms with Crippen molar-refractivity contribution in [1.29, 1.82) is 0 Å². The lowest BCUT2D eigenvalue weighted by molar-refractivity contribution is 0.0663.